The SMILES string of the molecule is Cc1ccc2c(c1)C1CCNC(C)(C)C1N2. The van der Waals surface area contributed by atoms with Crippen molar-refractivity contribution in [2.75, 3.05) is 11.9 Å². The van der Waals surface area contributed by atoms with E-state index in [1.54, 1.807) is 0 Å². The molecular weight excluding hydrogens is 196 g/mol. The van der Waals surface area contributed by atoms with E-state index in [4.69, 9.17) is 0 Å². The van der Waals surface area contributed by atoms with Gasteiger partial charge in [-0.25, -0.2) is 0 Å². The minimum absolute atomic E-state index is 0.190. The number of nitrogens with one attached hydrogen (secondary N) is 2. The van der Waals surface area contributed by atoms with Gasteiger partial charge in [-0.15, -0.1) is 0 Å². The Balaban J connectivity index is 2.03. The van der Waals surface area contributed by atoms with E-state index < -0.39 is 0 Å². The van der Waals surface area contributed by atoms with Crippen LogP contribution in [0.2, 0.25) is 0 Å². The highest BCUT2D eigenvalue weighted by molar-refractivity contribution is 5.61. The Labute approximate surface area is 97.4 Å². The molecule has 2 unspecified atom stereocenters. The predicted octanol–water partition coefficient (Wildman–Crippen LogP) is 2.64. The second-order valence-corrected chi connectivity index (χ2v) is 5.76. The molecule has 2 aliphatic heterocycles. The number of benzene rings is 1. The van der Waals surface area contributed by atoms with Gasteiger partial charge in [-0.05, 0) is 45.4 Å². The average molecular weight is 216 g/mol. The van der Waals surface area contributed by atoms with Crippen molar-refractivity contribution < 1.29 is 0 Å². The number of hydrogen-bond acceptors (Lipinski definition) is 2. The largest absolute Gasteiger partial charge is 0.380 e. The third-order valence-corrected chi connectivity index (χ3v) is 4.13. The van der Waals surface area contributed by atoms with Gasteiger partial charge in [0.15, 0.2) is 0 Å². The van der Waals surface area contributed by atoms with Crippen LogP contribution in [0.1, 0.15) is 37.3 Å². The van der Waals surface area contributed by atoms with Crippen LogP contribution < -0.4 is 10.6 Å². The van der Waals surface area contributed by atoms with Gasteiger partial charge in [0.05, 0.1) is 6.04 Å². The first kappa shape index (κ1) is 10.2. The van der Waals surface area contributed by atoms with Gasteiger partial charge in [0.25, 0.3) is 0 Å². The van der Waals surface area contributed by atoms with Crippen molar-refractivity contribution >= 4 is 5.69 Å². The zero-order valence-corrected chi connectivity index (χ0v) is 10.3. The van der Waals surface area contributed by atoms with Gasteiger partial charge in [0, 0.05) is 17.1 Å². The molecule has 1 saturated heterocycles. The highest BCUT2D eigenvalue weighted by Crippen LogP contribution is 2.44. The molecule has 1 aromatic rings. The third-order valence-electron chi connectivity index (χ3n) is 4.13. The van der Waals surface area contributed by atoms with Crippen LogP contribution in [0.5, 0.6) is 0 Å². The van der Waals surface area contributed by atoms with Crippen molar-refractivity contribution in [1.29, 1.82) is 0 Å². The number of anilines is 1. The van der Waals surface area contributed by atoms with Crippen molar-refractivity contribution in [1.82, 2.24) is 5.32 Å². The number of piperidine rings is 1. The maximum Gasteiger partial charge on any atom is 0.0507 e. The molecule has 3 rings (SSSR count). The van der Waals surface area contributed by atoms with E-state index in [9.17, 15) is 0 Å². The smallest absolute Gasteiger partial charge is 0.0507 e. The lowest BCUT2D eigenvalue weighted by Crippen LogP contribution is -2.57. The molecule has 0 aromatic heterocycles. The van der Waals surface area contributed by atoms with Crippen LogP contribution in [0.4, 0.5) is 5.69 Å². The predicted molar refractivity (Wildman–Crippen MR) is 68.0 cm³/mol. The van der Waals surface area contributed by atoms with E-state index in [1.807, 2.05) is 0 Å². The molecule has 0 amide bonds. The first-order valence-corrected chi connectivity index (χ1v) is 6.20. The van der Waals surface area contributed by atoms with Gasteiger partial charge in [0.2, 0.25) is 0 Å². The summed E-state index contributed by atoms with van der Waals surface area (Å²) in [5, 5.41) is 7.31. The topological polar surface area (TPSA) is 24.1 Å². The summed E-state index contributed by atoms with van der Waals surface area (Å²) in [7, 11) is 0. The second-order valence-electron chi connectivity index (χ2n) is 5.76. The zero-order chi connectivity index (χ0) is 11.3. The second kappa shape index (κ2) is 3.24. The number of fused-ring (bicyclic) bond motifs is 3. The molecule has 2 atom stereocenters. The standard InChI is InChI=1S/C14H20N2/c1-9-4-5-12-11(8-9)10-6-7-15-14(2,3)13(10)16-12/h4-5,8,10,13,15-16H,6-7H2,1-3H3. The summed E-state index contributed by atoms with van der Waals surface area (Å²) in [5.74, 6) is 0.686. The zero-order valence-electron chi connectivity index (χ0n) is 10.3. The van der Waals surface area contributed by atoms with Gasteiger partial charge < -0.3 is 10.6 Å². The molecule has 0 aliphatic carbocycles. The van der Waals surface area contributed by atoms with E-state index in [0.29, 0.717) is 12.0 Å². The summed E-state index contributed by atoms with van der Waals surface area (Å²) in [4.78, 5) is 0. The first-order chi connectivity index (χ1) is 7.58. The molecule has 16 heavy (non-hydrogen) atoms. The van der Waals surface area contributed by atoms with Gasteiger partial charge in [-0.1, -0.05) is 17.7 Å². The fourth-order valence-corrected chi connectivity index (χ4v) is 3.23. The third kappa shape index (κ3) is 1.36. The minimum atomic E-state index is 0.190. The molecule has 0 radical (unpaired) electrons. The average Bonchev–Trinajstić information content (AvgIpc) is 2.58. The molecule has 2 N–H and O–H groups in total. The lowest BCUT2D eigenvalue weighted by molar-refractivity contribution is 0.256. The van der Waals surface area contributed by atoms with Crippen LogP contribution in [-0.2, 0) is 0 Å². The number of hydrogen-bond donors (Lipinski definition) is 2. The van der Waals surface area contributed by atoms with Crippen LogP contribution in [0.3, 0.4) is 0 Å². The summed E-state index contributed by atoms with van der Waals surface area (Å²) in [5.41, 5.74) is 4.44. The first-order valence-electron chi connectivity index (χ1n) is 6.20. The maximum atomic E-state index is 3.69. The summed E-state index contributed by atoms with van der Waals surface area (Å²) in [6.07, 6.45) is 1.25. The van der Waals surface area contributed by atoms with Crippen LogP contribution in [-0.4, -0.2) is 18.1 Å². The Bertz CT molecular complexity index is 423. The Morgan fingerprint density at radius 3 is 2.94 bits per heavy atom. The molecule has 86 valence electrons. The van der Waals surface area contributed by atoms with E-state index >= 15 is 0 Å². The minimum Gasteiger partial charge on any atom is -0.380 e. The fourth-order valence-electron chi connectivity index (χ4n) is 3.23. The number of aryl methyl sites for hydroxylation is 1. The normalized spacial score (nSPS) is 30.4. The van der Waals surface area contributed by atoms with Crippen molar-refractivity contribution in [3.8, 4) is 0 Å². The fraction of sp³-hybridized carbons (Fsp3) is 0.571. The summed E-state index contributed by atoms with van der Waals surface area (Å²) in [6.45, 7) is 7.91. The Kier molecular flexibility index (Phi) is 2.05. The molecule has 2 heteroatoms. The van der Waals surface area contributed by atoms with E-state index in [1.165, 1.54) is 23.2 Å². The lowest BCUT2D eigenvalue weighted by atomic mass is 9.78. The monoisotopic (exact) mass is 216 g/mol. The summed E-state index contributed by atoms with van der Waals surface area (Å²) < 4.78 is 0. The van der Waals surface area contributed by atoms with E-state index in [0.717, 1.165) is 6.54 Å². The highest BCUT2D eigenvalue weighted by Gasteiger charge is 2.43. The summed E-state index contributed by atoms with van der Waals surface area (Å²) in [6, 6.07) is 7.33. The van der Waals surface area contributed by atoms with Crippen LogP contribution in [0, 0.1) is 6.92 Å². The molecule has 2 nitrogen and oxygen atoms in total. The lowest BCUT2D eigenvalue weighted by Gasteiger charge is -2.41. The van der Waals surface area contributed by atoms with Crippen molar-refractivity contribution in [2.24, 2.45) is 0 Å². The van der Waals surface area contributed by atoms with Gasteiger partial charge in [0.1, 0.15) is 0 Å². The Morgan fingerprint density at radius 1 is 1.31 bits per heavy atom. The number of rotatable bonds is 0. The molecule has 2 aliphatic rings. The molecule has 0 spiro atoms. The molecule has 0 saturated carbocycles. The molecule has 2 heterocycles. The molecule has 0 bridgehead atoms. The Morgan fingerprint density at radius 2 is 2.12 bits per heavy atom. The van der Waals surface area contributed by atoms with Crippen molar-refractivity contribution in [2.45, 2.75) is 44.7 Å². The Hall–Kier alpha value is -1.02. The van der Waals surface area contributed by atoms with Crippen LogP contribution in [0.25, 0.3) is 0 Å². The molecule has 1 fully saturated rings. The van der Waals surface area contributed by atoms with Crippen LogP contribution >= 0.6 is 0 Å². The maximum absolute atomic E-state index is 3.69. The van der Waals surface area contributed by atoms with E-state index in [2.05, 4.69) is 49.6 Å². The van der Waals surface area contributed by atoms with Gasteiger partial charge in [-0.3, -0.25) is 0 Å². The quantitative estimate of drug-likeness (QED) is 0.696. The van der Waals surface area contributed by atoms with Crippen molar-refractivity contribution in [3.05, 3.63) is 29.3 Å². The molecular formula is C14H20N2. The van der Waals surface area contributed by atoms with Crippen molar-refractivity contribution in [3.63, 3.8) is 0 Å². The summed E-state index contributed by atoms with van der Waals surface area (Å²) >= 11 is 0. The van der Waals surface area contributed by atoms with Crippen LogP contribution in [0.15, 0.2) is 18.2 Å². The van der Waals surface area contributed by atoms with Gasteiger partial charge in [-0.2, -0.15) is 0 Å². The highest BCUT2D eigenvalue weighted by atomic mass is 15.1. The van der Waals surface area contributed by atoms with Gasteiger partial charge >= 0.3 is 0 Å². The van der Waals surface area contributed by atoms with E-state index in [-0.39, 0.29) is 5.54 Å². The molecule has 1 aromatic carbocycles.